The van der Waals surface area contributed by atoms with E-state index >= 15 is 0 Å². The van der Waals surface area contributed by atoms with Gasteiger partial charge in [0.05, 0.1) is 15.7 Å². The minimum absolute atomic E-state index is 0.307. The van der Waals surface area contributed by atoms with Crippen molar-refractivity contribution in [2.24, 2.45) is 0 Å². The van der Waals surface area contributed by atoms with Crippen molar-refractivity contribution in [3.8, 4) is 11.4 Å². The first-order chi connectivity index (χ1) is 12.0. The summed E-state index contributed by atoms with van der Waals surface area (Å²) in [7, 11) is -3.48. The summed E-state index contributed by atoms with van der Waals surface area (Å²) in [6, 6.07) is 17.4. The van der Waals surface area contributed by atoms with Crippen LogP contribution in [0.25, 0.3) is 22.3 Å². The molecule has 4 rings (SSSR count). The first kappa shape index (κ1) is 15.7. The number of nitrogens with zero attached hydrogens (tertiary/aromatic N) is 2. The number of aromatic nitrogens is 2. The average Bonchev–Trinajstić information content (AvgIpc) is 3.01. The van der Waals surface area contributed by atoms with E-state index < -0.39 is 15.1 Å². The molecule has 0 aliphatic carbocycles. The molecule has 5 nitrogen and oxygen atoms in total. The molecule has 1 atom stereocenters. The highest BCUT2D eigenvalue weighted by molar-refractivity contribution is 7.91. The van der Waals surface area contributed by atoms with Gasteiger partial charge in [0.15, 0.2) is 15.7 Å². The fourth-order valence-electron chi connectivity index (χ4n) is 3.04. The number of hydrogen-bond acceptors (Lipinski definition) is 4. The van der Waals surface area contributed by atoms with Crippen molar-refractivity contribution in [3.05, 3.63) is 72.4 Å². The van der Waals surface area contributed by atoms with Crippen LogP contribution in [-0.4, -0.2) is 23.3 Å². The average molecular weight is 352 g/mol. The van der Waals surface area contributed by atoms with Gasteiger partial charge in [0.2, 0.25) is 0 Å². The lowest BCUT2D eigenvalue weighted by molar-refractivity contribution is 0.187. The molecule has 0 spiro atoms. The highest BCUT2D eigenvalue weighted by Crippen LogP contribution is 2.35. The van der Waals surface area contributed by atoms with Crippen LogP contribution in [0.15, 0.2) is 71.8 Å². The lowest BCUT2D eigenvalue weighted by atomic mass is 10.1. The third-order valence-corrected chi connectivity index (χ3v) is 6.62. The molecule has 1 N–H and O–H groups in total. The van der Waals surface area contributed by atoms with Crippen LogP contribution in [0, 0.1) is 0 Å². The minimum Gasteiger partial charge on any atom is -0.427 e. The standard InChI is InChI=1S/C19H16N2O3S/c1-13(25(23,24)15-6-3-2-4-7-15)14-9-10-18-17(12-14)16-8-5-11-21(22)19(16)20-18/h2-13,22H,1H3. The van der Waals surface area contributed by atoms with Gasteiger partial charge in [0.25, 0.3) is 0 Å². The topological polar surface area (TPSA) is 72.2 Å². The van der Waals surface area contributed by atoms with Crippen LogP contribution in [0.1, 0.15) is 17.7 Å². The lowest BCUT2D eigenvalue weighted by Crippen LogP contribution is -2.10. The van der Waals surface area contributed by atoms with E-state index in [1.807, 2.05) is 12.1 Å². The van der Waals surface area contributed by atoms with E-state index in [1.165, 1.54) is 6.20 Å². The van der Waals surface area contributed by atoms with Crippen molar-refractivity contribution >= 4 is 20.7 Å². The summed E-state index contributed by atoms with van der Waals surface area (Å²) in [5.41, 5.74) is 2.20. The molecule has 126 valence electrons. The monoisotopic (exact) mass is 352 g/mol. The number of hydrogen-bond donors (Lipinski definition) is 1. The van der Waals surface area contributed by atoms with Crippen molar-refractivity contribution in [3.63, 3.8) is 0 Å². The summed E-state index contributed by atoms with van der Waals surface area (Å²) in [6.45, 7) is 1.69. The quantitative estimate of drug-likeness (QED) is 0.567. The van der Waals surface area contributed by atoms with Crippen molar-refractivity contribution in [2.45, 2.75) is 17.1 Å². The molecular weight excluding hydrogens is 336 g/mol. The molecule has 6 heteroatoms. The molecule has 2 aliphatic rings. The van der Waals surface area contributed by atoms with Crippen LogP contribution in [0.3, 0.4) is 0 Å². The summed E-state index contributed by atoms with van der Waals surface area (Å²) in [5.74, 6) is 0.452. The Morgan fingerprint density at radius 2 is 1.80 bits per heavy atom. The Morgan fingerprint density at radius 3 is 2.56 bits per heavy atom. The second-order valence-electron chi connectivity index (χ2n) is 5.98. The molecule has 0 saturated carbocycles. The molecule has 2 aromatic rings. The Hall–Kier alpha value is -2.86. The van der Waals surface area contributed by atoms with Gasteiger partial charge in [-0.05, 0) is 48.9 Å². The van der Waals surface area contributed by atoms with Gasteiger partial charge in [-0.1, -0.05) is 24.3 Å². The number of sulfone groups is 1. The third-order valence-electron chi connectivity index (χ3n) is 4.49. The van der Waals surface area contributed by atoms with E-state index in [-0.39, 0.29) is 0 Å². The van der Waals surface area contributed by atoms with Crippen LogP contribution in [-0.2, 0) is 9.84 Å². The zero-order valence-corrected chi connectivity index (χ0v) is 14.3. The van der Waals surface area contributed by atoms with E-state index in [0.29, 0.717) is 16.3 Å². The maximum absolute atomic E-state index is 12.9. The van der Waals surface area contributed by atoms with E-state index in [2.05, 4.69) is 4.98 Å². The van der Waals surface area contributed by atoms with Gasteiger partial charge in [-0.3, -0.25) is 0 Å². The lowest BCUT2D eigenvalue weighted by Gasteiger charge is -2.14. The Kier molecular flexibility index (Phi) is 3.51. The number of rotatable bonds is 3. The maximum Gasteiger partial charge on any atom is 0.185 e. The van der Waals surface area contributed by atoms with E-state index in [9.17, 15) is 13.6 Å². The van der Waals surface area contributed by atoms with Gasteiger partial charge in [-0.25, -0.2) is 13.4 Å². The van der Waals surface area contributed by atoms with Gasteiger partial charge >= 0.3 is 0 Å². The molecule has 2 aromatic carbocycles. The molecule has 2 heterocycles. The van der Waals surface area contributed by atoms with Crippen molar-refractivity contribution < 1.29 is 13.6 Å². The molecule has 0 saturated heterocycles. The Bertz CT molecular complexity index is 1130. The fourth-order valence-corrected chi connectivity index (χ4v) is 4.49. The number of fused-ring (bicyclic) bond motifs is 3. The number of pyridine rings is 1. The summed E-state index contributed by atoms with van der Waals surface area (Å²) >= 11 is 0. The SMILES string of the molecule is CC(c1ccc2nc3n(O)cccc-3c2c1)S(=O)(=O)c1ccccc1. The molecule has 0 radical (unpaired) electrons. The number of benzene rings is 2. The first-order valence-electron chi connectivity index (χ1n) is 7.87. The second-order valence-corrected chi connectivity index (χ2v) is 8.25. The Labute approximate surface area is 145 Å². The molecule has 0 fully saturated rings. The highest BCUT2D eigenvalue weighted by atomic mass is 32.2. The van der Waals surface area contributed by atoms with Gasteiger partial charge in [0.1, 0.15) is 0 Å². The van der Waals surface area contributed by atoms with Crippen LogP contribution >= 0.6 is 0 Å². The molecule has 0 bridgehead atoms. The Balaban J connectivity index is 1.84. The van der Waals surface area contributed by atoms with E-state index in [1.54, 1.807) is 55.5 Å². The maximum atomic E-state index is 12.9. The normalized spacial score (nSPS) is 13.3. The Morgan fingerprint density at radius 1 is 1.04 bits per heavy atom. The molecule has 1 unspecified atom stereocenters. The summed E-state index contributed by atoms with van der Waals surface area (Å²) < 4.78 is 26.7. The van der Waals surface area contributed by atoms with E-state index in [0.717, 1.165) is 21.2 Å². The van der Waals surface area contributed by atoms with Crippen molar-refractivity contribution in [1.82, 2.24) is 9.71 Å². The van der Waals surface area contributed by atoms with Crippen LogP contribution in [0.2, 0.25) is 0 Å². The van der Waals surface area contributed by atoms with Gasteiger partial charge in [-0.2, -0.15) is 4.73 Å². The van der Waals surface area contributed by atoms with Crippen LogP contribution in [0.4, 0.5) is 0 Å². The largest absolute Gasteiger partial charge is 0.427 e. The highest BCUT2D eigenvalue weighted by Gasteiger charge is 2.26. The third kappa shape index (κ3) is 2.46. The van der Waals surface area contributed by atoms with Gasteiger partial charge in [-0.15, -0.1) is 0 Å². The molecular formula is C19H16N2O3S. The van der Waals surface area contributed by atoms with Crippen molar-refractivity contribution in [2.75, 3.05) is 0 Å². The minimum atomic E-state index is -3.48. The zero-order valence-electron chi connectivity index (χ0n) is 13.5. The van der Waals surface area contributed by atoms with Crippen LogP contribution < -0.4 is 0 Å². The van der Waals surface area contributed by atoms with E-state index in [4.69, 9.17) is 0 Å². The molecule has 25 heavy (non-hydrogen) atoms. The molecule has 2 aliphatic heterocycles. The zero-order chi connectivity index (χ0) is 17.6. The van der Waals surface area contributed by atoms with Crippen molar-refractivity contribution in [1.29, 1.82) is 0 Å². The molecule has 0 amide bonds. The fraction of sp³-hybridized carbons (Fsp3) is 0.105. The second kappa shape index (κ2) is 5.60. The first-order valence-corrected chi connectivity index (χ1v) is 9.42. The summed E-state index contributed by atoms with van der Waals surface area (Å²) in [5, 5.41) is 10.0. The predicted molar refractivity (Wildman–Crippen MR) is 95.6 cm³/mol. The van der Waals surface area contributed by atoms with Gasteiger partial charge < -0.3 is 5.21 Å². The smallest absolute Gasteiger partial charge is 0.185 e. The van der Waals surface area contributed by atoms with Gasteiger partial charge in [0, 0.05) is 17.1 Å². The van der Waals surface area contributed by atoms with Crippen LogP contribution in [0.5, 0.6) is 0 Å². The predicted octanol–water partition coefficient (Wildman–Crippen LogP) is 3.91. The summed E-state index contributed by atoms with van der Waals surface area (Å²) in [6.07, 6.45) is 1.51. The molecule has 0 aromatic heterocycles. The summed E-state index contributed by atoms with van der Waals surface area (Å²) in [4.78, 5) is 4.71.